The number of nitrogens with zero attached hydrogens (tertiary/aromatic N) is 2. The first-order valence-corrected chi connectivity index (χ1v) is 7.33. The van der Waals surface area contributed by atoms with Gasteiger partial charge in [0.15, 0.2) is 0 Å². The standard InChI is InChI=1S/C16H16N4O6/c1-8(4-6-9-11(21)17-15(25)19(2)13(9)23)5-7-10-12(22)18-16(26)20(3)14(10)24/h4-7,23H,1-3H3,(H,17,21,25)(H,18,22,26)/p-1. The van der Waals surface area contributed by atoms with Crippen LogP contribution >= 0.6 is 0 Å². The van der Waals surface area contributed by atoms with Crippen molar-refractivity contribution < 1.29 is 19.5 Å². The molecule has 1 saturated heterocycles. The van der Waals surface area contributed by atoms with Crippen LogP contribution in [0, 0.1) is 0 Å². The van der Waals surface area contributed by atoms with E-state index in [4.69, 9.17) is 0 Å². The van der Waals surface area contributed by atoms with Crippen LogP contribution in [0.1, 0.15) is 12.5 Å². The molecule has 0 unspecified atom stereocenters. The molecule has 10 nitrogen and oxygen atoms in total. The molecule has 1 aromatic heterocycles. The Morgan fingerprint density at radius 3 is 2.42 bits per heavy atom. The van der Waals surface area contributed by atoms with Gasteiger partial charge in [0.25, 0.3) is 17.4 Å². The number of imide groups is 2. The van der Waals surface area contributed by atoms with Crippen LogP contribution in [0.15, 0.2) is 39.0 Å². The molecule has 0 bridgehead atoms. The average Bonchev–Trinajstić information content (AvgIpc) is 2.57. The molecule has 0 spiro atoms. The van der Waals surface area contributed by atoms with E-state index in [1.165, 1.54) is 38.4 Å². The summed E-state index contributed by atoms with van der Waals surface area (Å²) >= 11 is 0. The second kappa shape index (κ2) is 7.05. The van der Waals surface area contributed by atoms with Gasteiger partial charge in [0, 0.05) is 19.7 Å². The number of carbonyl (C=O) groups excluding carboxylic acids is 3. The molecule has 1 aliphatic heterocycles. The normalized spacial score (nSPS) is 17.3. The number of likely N-dealkylation sites (N-methyl/N-ethyl adjacent to an activating group) is 1. The van der Waals surface area contributed by atoms with E-state index in [9.17, 15) is 29.1 Å². The molecular weight excluding hydrogens is 344 g/mol. The van der Waals surface area contributed by atoms with E-state index >= 15 is 0 Å². The van der Waals surface area contributed by atoms with Gasteiger partial charge in [-0.1, -0.05) is 17.7 Å². The summed E-state index contributed by atoms with van der Waals surface area (Å²) in [5, 5.41) is 13.9. The van der Waals surface area contributed by atoms with E-state index in [1.807, 2.05) is 10.3 Å². The number of aromatic amines is 1. The average molecular weight is 359 g/mol. The second-order valence-corrected chi connectivity index (χ2v) is 5.48. The number of allylic oxidation sites excluding steroid dienone is 4. The zero-order chi connectivity index (χ0) is 19.6. The van der Waals surface area contributed by atoms with E-state index in [0.717, 1.165) is 9.47 Å². The molecule has 0 saturated carbocycles. The molecule has 1 aliphatic rings. The summed E-state index contributed by atoms with van der Waals surface area (Å²) < 4.78 is 0.764. The summed E-state index contributed by atoms with van der Waals surface area (Å²) in [5.74, 6) is -2.31. The maximum atomic E-state index is 11.9. The van der Waals surface area contributed by atoms with Crippen LogP contribution in [0.3, 0.4) is 0 Å². The number of hydrogen-bond acceptors (Lipinski definition) is 6. The van der Waals surface area contributed by atoms with Gasteiger partial charge in [-0.15, -0.1) is 0 Å². The zero-order valence-corrected chi connectivity index (χ0v) is 14.2. The first kappa shape index (κ1) is 18.6. The highest BCUT2D eigenvalue weighted by Crippen LogP contribution is 2.11. The lowest BCUT2D eigenvalue weighted by molar-refractivity contribution is -0.279. The minimum atomic E-state index is -0.817. The van der Waals surface area contributed by atoms with Gasteiger partial charge in [-0.2, -0.15) is 0 Å². The molecule has 0 atom stereocenters. The maximum Gasteiger partial charge on any atom is 0.331 e. The Balaban J connectivity index is 2.31. The fourth-order valence-electron chi connectivity index (χ4n) is 2.02. The third-order valence-electron chi connectivity index (χ3n) is 3.64. The first-order chi connectivity index (χ1) is 12.1. The molecule has 4 amide bonds. The molecule has 0 radical (unpaired) electrons. The fourth-order valence-corrected chi connectivity index (χ4v) is 2.02. The van der Waals surface area contributed by atoms with Gasteiger partial charge >= 0.3 is 11.7 Å². The van der Waals surface area contributed by atoms with E-state index in [2.05, 4.69) is 0 Å². The van der Waals surface area contributed by atoms with Gasteiger partial charge in [-0.25, -0.2) is 9.59 Å². The highest BCUT2D eigenvalue weighted by molar-refractivity contribution is 6.28. The van der Waals surface area contributed by atoms with Gasteiger partial charge in [-0.05, 0) is 25.0 Å². The van der Waals surface area contributed by atoms with Crippen molar-refractivity contribution in [1.82, 2.24) is 19.8 Å². The van der Waals surface area contributed by atoms with Crippen LogP contribution in [-0.2, 0) is 16.6 Å². The molecule has 26 heavy (non-hydrogen) atoms. The summed E-state index contributed by atoms with van der Waals surface area (Å²) in [7, 11) is 2.46. The number of nitrogens with one attached hydrogen (secondary N) is 2. The SMILES string of the molecule is CC(C=Cc1c([O-])n(C)c(=O)[nH]c1=O)=CC=C1C(=O)NC(=O)N(C)C1=O. The lowest BCUT2D eigenvalue weighted by Crippen LogP contribution is -2.52. The molecule has 2 N–H and O–H groups in total. The maximum absolute atomic E-state index is 11.9. The Morgan fingerprint density at radius 2 is 1.77 bits per heavy atom. The van der Waals surface area contributed by atoms with E-state index in [1.54, 1.807) is 6.92 Å². The third kappa shape index (κ3) is 3.53. The number of H-pyrrole nitrogens is 1. The number of aromatic nitrogens is 2. The Bertz CT molecular complexity index is 1010. The number of carbonyl (C=O) groups is 3. The zero-order valence-electron chi connectivity index (χ0n) is 14.2. The monoisotopic (exact) mass is 359 g/mol. The fraction of sp³-hybridized carbons (Fsp3) is 0.188. The predicted octanol–water partition coefficient (Wildman–Crippen LogP) is -1.26. The summed E-state index contributed by atoms with van der Waals surface area (Å²) in [6.07, 6.45) is 5.27. The van der Waals surface area contributed by atoms with Gasteiger partial charge in [-0.3, -0.25) is 29.6 Å². The van der Waals surface area contributed by atoms with Crippen LogP contribution in [0.4, 0.5) is 4.79 Å². The number of rotatable bonds is 3. The van der Waals surface area contributed by atoms with Crippen LogP contribution in [0.2, 0.25) is 0 Å². The van der Waals surface area contributed by atoms with E-state index < -0.39 is 35.0 Å². The molecule has 2 heterocycles. The van der Waals surface area contributed by atoms with Crippen molar-refractivity contribution in [2.24, 2.45) is 7.05 Å². The van der Waals surface area contributed by atoms with E-state index in [-0.39, 0.29) is 11.1 Å². The molecule has 0 aliphatic carbocycles. The Labute approximate surface area is 146 Å². The Hall–Kier alpha value is -3.69. The highest BCUT2D eigenvalue weighted by Gasteiger charge is 2.32. The van der Waals surface area contributed by atoms with E-state index in [0.29, 0.717) is 5.57 Å². The topological polar surface area (TPSA) is 144 Å². The summed E-state index contributed by atoms with van der Waals surface area (Å²) in [6.45, 7) is 1.61. The van der Waals surface area contributed by atoms with Crippen LogP contribution < -0.4 is 21.7 Å². The largest absolute Gasteiger partial charge is 0.859 e. The summed E-state index contributed by atoms with van der Waals surface area (Å²) in [6, 6.07) is -0.811. The smallest absolute Gasteiger partial charge is 0.331 e. The summed E-state index contributed by atoms with van der Waals surface area (Å²) in [4.78, 5) is 60.7. The molecule has 0 aromatic carbocycles. The van der Waals surface area contributed by atoms with Crippen LogP contribution in [0.5, 0.6) is 5.88 Å². The lowest BCUT2D eigenvalue weighted by atomic mass is 10.1. The van der Waals surface area contributed by atoms with Gasteiger partial charge < -0.3 is 9.67 Å². The first-order valence-electron chi connectivity index (χ1n) is 7.33. The second-order valence-electron chi connectivity index (χ2n) is 5.48. The lowest BCUT2D eigenvalue weighted by Gasteiger charge is -2.21. The molecule has 1 fully saturated rings. The van der Waals surface area contributed by atoms with Crippen molar-refractivity contribution in [3.05, 3.63) is 55.8 Å². The predicted molar refractivity (Wildman–Crippen MR) is 88.9 cm³/mol. The highest BCUT2D eigenvalue weighted by atomic mass is 16.3. The van der Waals surface area contributed by atoms with Crippen molar-refractivity contribution >= 4 is 23.9 Å². The molecular formula is C16H15N4O6-. The van der Waals surface area contributed by atoms with Gasteiger partial charge in [0.1, 0.15) is 5.57 Å². The van der Waals surface area contributed by atoms with Crippen molar-refractivity contribution in [3.63, 3.8) is 0 Å². The quantitative estimate of drug-likeness (QED) is 0.391. The van der Waals surface area contributed by atoms with Crippen molar-refractivity contribution in [1.29, 1.82) is 0 Å². The van der Waals surface area contributed by atoms with Crippen LogP contribution in [-0.4, -0.2) is 39.3 Å². The number of barbiturate groups is 1. The van der Waals surface area contributed by atoms with Crippen LogP contribution in [0.25, 0.3) is 6.08 Å². The molecule has 136 valence electrons. The van der Waals surface area contributed by atoms with Crippen molar-refractivity contribution in [2.75, 3.05) is 7.05 Å². The minimum absolute atomic E-state index is 0.232. The van der Waals surface area contributed by atoms with Crippen molar-refractivity contribution in [3.8, 4) is 5.88 Å². The number of amides is 4. The van der Waals surface area contributed by atoms with Crippen molar-refractivity contribution in [2.45, 2.75) is 6.92 Å². The van der Waals surface area contributed by atoms with Gasteiger partial charge in [0.05, 0.1) is 0 Å². The molecule has 1 aromatic rings. The van der Waals surface area contributed by atoms with Gasteiger partial charge in [0.2, 0.25) is 0 Å². The summed E-state index contributed by atoms with van der Waals surface area (Å²) in [5.41, 5.74) is -1.59. The Morgan fingerprint density at radius 1 is 1.12 bits per heavy atom. The number of hydrogen-bond donors (Lipinski definition) is 2. The number of urea groups is 1. The Kier molecular flexibility index (Phi) is 5.06. The molecule has 10 heteroatoms. The third-order valence-corrected chi connectivity index (χ3v) is 3.64. The molecule has 2 rings (SSSR count). The minimum Gasteiger partial charge on any atom is -0.859 e.